The Morgan fingerprint density at radius 3 is 2.67 bits per heavy atom. The van der Waals surface area contributed by atoms with Crippen LogP contribution < -0.4 is 5.32 Å². The number of rotatable bonds is 2. The van der Waals surface area contributed by atoms with Gasteiger partial charge in [-0.2, -0.15) is 0 Å². The van der Waals surface area contributed by atoms with Crippen molar-refractivity contribution in [2.24, 2.45) is 0 Å². The van der Waals surface area contributed by atoms with Gasteiger partial charge in [0.25, 0.3) is 0 Å². The standard InChI is InChI=1S/C11H16BrN3/c1-11(5-3-2-4-6-11)15-10-7-9(12)13-8-14-10/h7-8H,2-6H2,1H3,(H,13,14,15). The molecule has 1 aliphatic carbocycles. The van der Waals surface area contributed by atoms with Crippen LogP contribution in [0.25, 0.3) is 0 Å². The van der Waals surface area contributed by atoms with E-state index >= 15 is 0 Å². The van der Waals surface area contributed by atoms with Crippen molar-refractivity contribution in [1.29, 1.82) is 0 Å². The number of anilines is 1. The number of nitrogens with zero attached hydrogens (tertiary/aromatic N) is 2. The monoisotopic (exact) mass is 269 g/mol. The normalized spacial score (nSPS) is 19.9. The Morgan fingerprint density at radius 2 is 2.00 bits per heavy atom. The van der Waals surface area contributed by atoms with Crippen LogP contribution >= 0.6 is 15.9 Å². The highest BCUT2D eigenvalue weighted by atomic mass is 79.9. The van der Waals surface area contributed by atoms with Crippen molar-refractivity contribution in [3.05, 3.63) is 17.0 Å². The van der Waals surface area contributed by atoms with E-state index < -0.39 is 0 Å². The third-order valence-electron chi connectivity index (χ3n) is 3.02. The topological polar surface area (TPSA) is 37.8 Å². The minimum Gasteiger partial charge on any atom is -0.365 e. The lowest BCUT2D eigenvalue weighted by atomic mass is 9.83. The summed E-state index contributed by atoms with van der Waals surface area (Å²) in [6, 6.07) is 1.93. The van der Waals surface area contributed by atoms with Crippen LogP contribution in [0.3, 0.4) is 0 Å². The minimum absolute atomic E-state index is 0.214. The Labute approximate surface area is 98.8 Å². The van der Waals surface area contributed by atoms with E-state index in [1.165, 1.54) is 32.1 Å². The van der Waals surface area contributed by atoms with E-state index in [9.17, 15) is 0 Å². The lowest BCUT2D eigenvalue weighted by Crippen LogP contribution is -2.37. The van der Waals surface area contributed by atoms with Gasteiger partial charge in [0.05, 0.1) is 0 Å². The molecule has 0 aliphatic heterocycles. The van der Waals surface area contributed by atoms with Crippen molar-refractivity contribution in [2.45, 2.75) is 44.6 Å². The number of halogens is 1. The molecule has 0 atom stereocenters. The maximum Gasteiger partial charge on any atom is 0.130 e. The van der Waals surface area contributed by atoms with Gasteiger partial charge < -0.3 is 5.32 Å². The molecule has 1 N–H and O–H groups in total. The average molecular weight is 270 g/mol. The molecule has 15 heavy (non-hydrogen) atoms. The van der Waals surface area contributed by atoms with Crippen LogP contribution in [0.4, 0.5) is 5.82 Å². The van der Waals surface area contributed by atoms with Gasteiger partial charge in [0, 0.05) is 11.6 Å². The van der Waals surface area contributed by atoms with Crippen molar-refractivity contribution >= 4 is 21.7 Å². The van der Waals surface area contributed by atoms with E-state index in [1.54, 1.807) is 6.33 Å². The summed E-state index contributed by atoms with van der Waals surface area (Å²) in [7, 11) is 0. The number of nitrogens with one attached hydrogen (secondary N) is 1. The van der Waals surface area contributed by atoms with Gasteiger partial charge in [-0.3, -0.25) is 0 Å². The van der Waals surface area contributed by atoms with E-state index in [0.717, 1.165) is 10.4 Å². The third-order valence-corrected chi connectivity index (χ3v) is 3.45. The molecule has 0 saturated heterocycles. The molecule has 0 spiro atoms. The highest BCUT2D eigenvalue weighted by Crippen LogP contribution is 2.30. The van der Waals surface area contributed by atoms with Gasteiger partial charge >= 0.3 is 0 Å². The molecule has 82 valence electrons. The first-order valence-electron chi connectivity index (χ1n) is 5.44. The van der Waals surface area contributed by atoms with Gasteiger partial charge in [-0.15, -0.1) is 0 Å². The van der Waals surface area contributed by atoms with Gasteiger partial charge in [-0.25, -0.2) is 9.97 Å². The number of hydrogen-bond donors (Lipinski definition) is 1. The fourth-order valence-electron chi connectivity index (χ4n) is 2.17. The Hall–Kier alpha value is -0.640. The zero-order valence-electron chi connectivity index (χ0n) is 8.96. The molecule has 0 radical (unpaired) electrons. The molecular weight excluding hydrogens is 254 g/mol. The lowest BCUT2D eigenvalue weighted by molar-refractivity contribution is 0.348. The van der Waals surface area contributed by atoms with Crippen molar-refractivity contribution in [3.63, 3.8) is 0 Å². The number of aromatic nitrogens is 2. The first-order chi connectivity index (χ1) is 7.18. The summed E-state index contributed by atoms with van der Waals surface area (Å²) >= 11 is 3.35. The predicted molar refractivity (Wildman–Crippen MR) is 64.8 cm³/mol. The van der Waals surface area contributed by atoms with E-state index in [-0.39, 0.29) is 5.54 Å². The maximum atomic E-state index is 4.23. The van der Waals surface area contributed by atoms with E-state index in [4.69, 9.17) is 0 Å². The van der Waals surface area contributed by atoms with Crippen molar-refractivity contribution in [2.75, 3.05) is 5.32 Å². The molecule has 1 saturated carbocycles. The minimum atomic E-state index is 0.214. The highest BCUT2D eigenvalue weighted by Gasteiger charge is 2.26. The van der Waals surface area contributed by atoms with Crippen molar-refractivity contribution in [1.82, 2.24) is 9.97 Å². The second kappa shape index (κ2) is 4.47. The fourth-order valence-corrected chi connectivity index (χ4v) is 2.48. The van der Waals surface area contributed by atoms with Crippen LogP contribution in [0.5, 0.6) is 0 Å². The van der Waals surface area contributed by atoms with Crippen LogP contribution in [-0.2, 0) is 0 Å². The van der Waals surface area contributed by atoms with Crippen molar-refractivity contribution < 1.29 is 0 Å². The average Bonchev–Trinajstić information content (AvgIpc) is 2.18. The van der Waals surface area contributed by atoms with E-state index in [0.29, 0.717) is 0 Å². The van der Waals surface area contributed by atoms with Crippen LogP contribution in [0.2, 0.25) is 0 Å². The van der Waals surface area contributed by atoms with Crippen LogP contribution in [0, 0.1) is 0 Å². The van der Waals surface area contributed by atoms with Gasteiger partial charge in [0.15, 0.2) is 0 Å². The first kappa shape index (κ1) is 10.9. The largest absolute Gasteiger partial charge is 0.365 e. The summed E-state index contributed by atoms with van der Waals surface area (Å²) in [6.45, 7) is 2.28. The predicted octanol–water partition coefficient (Wildman–Crippen LogP) is 3.37. The van der Waals surface area contributed by atoms with Crippen molar-refractivity contribution in [3.8, 4) is 0 Å². The molecule has 1 heterocycles. The molecule has 1 aliphatic rings. The molecule has 2 rings (SSSR count). The molecule has 0 amide bonds. The Kier molecular flexibility index (Phi) is 3.24. The maximum absolute atomic E-state index is 4.23. The molecule has 0 unspecified atom stereocenters. The molecule has 0 aromatic carbocycles. The molecule has 0 bridgehead atoms. The molecule has 1 aromatic rings. The molecule has 4 heteroatoms. The summed E-state index contributed by atoms with van der Waals surface area (Å²) in [5.74, 6) is 0.918. The molecule has 3 nitrogen and oxygen atoms in total. The van der Waals surface area contributed by atoms with E-state index in [2.05, 4.69) is 38.1 Å². The summed E-state index contributed by atoms with van der Waals surface area (Å²) in [4.78, 5) is 8.25. The molecular formula is C11H16BrN3. The van der Waals surface area contributed by atoms with Crippen LogP contribution in [0.15, 0.2) is 17.0 Å². The summed E-state index contributed by atoms with van der Waals surface area (Å²) < 4.78 is 0.833. The van der Waals surface area contributed by atoms with Gasteiger partial charge in [-0.1, -0.05) is 19.3 Å². The zero-order chi connectivity index (χ0) is 10.7. The van der Waals surface area contributed by atoms with Gasteiger partial charge in [0.2, 0.25) is 0 Å². The summed E-state index contributed by atoms with van der Waals surface area (Å²) in [6.07, 6.45) is 8.04. The number of hydrogen-bond acceptors (Lipinski definition) is 3. The second-order valence-corrected chi connectivity index (χ2v) is 5.28. The second-order valence-electron chi connectivity index (χ2n) is 4.47. The smallest absolute Gasteiger partial charge is 0.130 e. The Balaban J connectivity index is 2.06. The third kappa shape index (κ3) is 2.91. The summed E-state index contributed by atoms with van der Waals surface area (Å²) in [5.41, 5.74) is 0.214. The lowest BCUT2D eigenvalue weighted by Gasteiger charge is -2.35. The van der Waals surface area contributed by atoms with Crippen LogP contribution in [-0.4, -0.2) is 15.5 Å². The Bertz CT molecular complexity index is 334. The molecule has 1 fully saturated rings. The molecule has 1 aromatic heterocycles. The van der Waals surface area contributed by atoms with Crippen LogP contribution in [0.1, 0.15) is 39.0 Å². The van der Waals surface area contributed by atoms with Gasteiger partial charge in [-0.05, 0) is 35.7 Å². The fraction of sp³-hybridized carbons (Fsp3) is 0.636. The zero-order valence-corrected chi connectivity index (χ0v) is 10.5. The quantitative estimate of drug-likeness (QED) is 0.837. The Morgan fingerprint density at radius 1 is 1.27 bits per heavy atom. The SMILES string of the molecule is CC1(Nc2cc(Br)ncn2)CCCCC1. The van der Waals surface area contributed by atoms with Gasteiger partial charge in [0.1, 0.15) is 16.7 Å². The first-order valence-corrected chi connectivity index (χ1v) is 6.23. The highest BCUT2D eigenvalue weighted by molar-refractivity contribution is 9.10. The van der Waals surface area contributed by atoms with E-state index in [1.807, 2.05) is 6.07 Å². The summed E-state index contributed by atoms with van der Waals surface area (Å²) in [5, 5.41) is 3.52.